The fourth-order valence-corrected chi connectivity index (χ4v) is 2.44. The molecule has 92 valence electrons. The number of carbonyl (C=O) groups excluding carboxylic acids is 1. The van der Waals surface area contributed by atoms with Gasteiger partial charge in [0.15, 0.2) is 5.16 Å². The second-order valence-electron chi connectivity index (χ2n) is 3.85. The molecule has 7 heteroatoms. The summed E-state index contributed by atoms with van der Waals surface area (Å²) in [4.78, 5) is 25.6. The molecule has 6 nitrogen and oxygen atoms in total. The number of aromatic nitrogens is 2. The average Bonchev–Trinajstić information content (AvgIpc) is 2.86. The lowest BCUT2D eigenvalue weighted by Gasteiger charge is -2.12. The minimum Gasteiger partial charge on any atom is -0.481 e. The van der Waals surface area contributed by atoms with E-state index in [4.69, 9.17) is 5.11 Å². The highest BCUT2D eigenvalue weighted by Gasteiger charge is 2.21. The first-order chi connectivity index (χ1) is 8.15. The molecule has 1 aliphatic rings. The number of amides is 1. The Hall–Kier alpha value is -1.50. The van der Waals surface area contributed by atoms with Gasteiger partial charge >= 0.3 is 5.97 Å². The number of aliphatic carboxylic acids is 1. The van der Waals surface area contributed by atoms with Crippen LogP contribution >= 0.6 is 11.8 Å². The van der Waals surface area contributed by atoms with Crippen LogP contribution < -0.4 is 5.32 Å². The Morgan fingerprint density at radius 1 is 1.71 bits per heavy atom. The Bertz CT molecular complexity index is 432. The van der Waals surface area contributed by atoms with E-state index in [9.17, 15) is 9.59 Å². The van der Waals surface area contributed by atoms with Crippen LogP contribution in [0.1, 0.15) is 12.8 Å². The number of carboxylic acids is 1. The Kier molecular flexibility index (Phi) is 3.68. The van der Waals surface area contributed by atoms with E-state index in [1.807, 2.05) is 4.57 Å². The molecule has 2 N–H and O–H groups in total. The number of rotatable bonds is 5. The lowest BCUT2D eigenvalue weighted by atomic mass is 10.2. The maximum absolute atomic E-state index is 11.1. The number of nitrogens with one attached hydrogen (secondary N) is 1. The maximum Gasteiger partial charge on any atom is 0.313 e. The van der Waals surface area contributed by atoms with Crippen LogP contribution in [0.5, 0.6) is 0 Å². The fraction of sp³-hybridized carbons (Fsp3) is 0.500. The summed E-state index contributed by atoms with van der Waals surface area (Å²) in [5.41, 5.74) is 0. The minimum absolute atomic E-state index is 0.00591. The molecule has 1 unspecified atom stereocenters. The first-order valence-electron chi connectivity index (χ1n) is 5.30. The van der Waals surface area contributed by atoms with Crippen LogP contribution in [0.2, 0.25) is 0 Å². The van der Waals surface area contributed by atoms with Crippen molar-refractivity contribution in [3.05, 3.63) is 12.4 Å². The predicted molar refractivity (Wildman–Crippen MR) is 61.8 cm³/mol. The van der Waals surface area contributed by atoms with Crippen molar-refractivity contribution in [3.8, 4) is 0 Å². The molecule has 1 saturated heterocycles. The zero-order chi connectivity index (χ0) is 12.3. The Morgan fingerprint density at radius 2 is 2.53 bits per heavy atom. The van der Waals surface area contributed by atoms with Crippen molar-refractivity contribution in [2.75, 3.05) is 5.75 Å². The van der Waals surface area contributed by atoms with Crippen LogP contribution in [-0.4, -0.2) is 38.3 Å². The van der Waals surface area contributed by atoms with Gasteiger partial charge in [-0.3, -0.25) is 9.59 Å². The molecule has 1 fully saturated rings. The molecular formula is C10H13N3O3S. The number of carboxylic acid groups (broad SMARTS) is 1. The van der Waals surface area contributed by atoms with Gasteiger partial charge in [-0.2, -0.15) is 0 Å². The molecule has 0 saturated carbocycles. The number of nitrogens with zero attached hydrogens (tertiary/aromatic N) is 2. The van der Waals surface area contributed by atoms with Crippen LogP contribution in [0.4, 0.5) is 0 Å². The highest BCUT2D eigenvalue weighted by molar-refractivity contribution is 7.99. The fourth-order valence-electron chi connectivity index (χ4n) is 1.75. The van der Waals surface area contributed by atoms with Crippen molar-refractivity contribution < 1.29 is 14.7 Å². The SMILES string of the molecule is O=C(O)CSc1nccn1CC1CCC(=O)N1. The van der Waals surface area contributed by atoms with E-state index in [1.165, 1.54) is 11.8 Å². The van der Waals surface area contributed by atoms with E-state index in [0.29, 0.717) is 18.1 Å². The Labute approximate surface area is 102 Å². The molecule has 0 spiro atoms. The molecule has 2 rings (SSSR count). The lowest BCUT2D eigenvalue weighted by molar-refractivity contribution is -0.133. The average molecular weight is 255 g/mol. The van der Waals surface area contributed by atoms with Gasteiger partial charge in [0.2, 0.25) is 5.91 Å². The summed E-state index contributed by atoms with van der Waals surface area (Å²) >= 11 is 1.19. The van der Waals surface area contributed by atoms with Crippen LogP contribution in [-0.2, 0) is 16.1 Å². The number of imidazole rings is 1. The normalized spacial score (nSPS) is 19.3. The van der Waals surface area contributed by atoms with Gasteiger partial charge in [-0.15, -0.1) is 0 Å². The molecule has 0 aliphatic carbocycles. The van der Waals surface area contributed by atoms with Gasteiger partial charge in [-0.05, 0) is 6.42 Å². The van der Waals surface area contributed by atoms with Crippen LogP contribution in [0.25, 0.3) is 0 Å². The van der Waals surface area contributed by atoms with Gasteiger partial charge in [0.25, 0.3) is 0 Å². The van der Waals surface area contributed by atoms with Crippen molar-refractivity contribution in [1.82, 2.24) is 14.9 Å². The highest BCUT2D eigenvalue weighted by atomic mass is 32.2. The summed E-state index contributed by atoms with van der Waals surface area (Å²) in [5, 5.41) is 12.2. The Balaban J connectivity index is 1.94. The molecule has 1 amide bonds. The van der Waals surface area contributed by atoms with Crippen molar-refractivity contribution in [2.45, 2.75) is 30.6 Å². The molecule has 1 aromatic heterocycles. The van der Waals surface area contributed by atoms with Crippen molar-refractivity contribution in [2.24, 2.45) is 0 Å². The second-order valence-corrected chi connectivity index (χ2v) is 4.79. The third-order valence-corrected chi connectivity index (χ3v) is 3.49. The van der Waals surface area contributed by atoms with Gasteiger partial charge in [-0.1, -0.05) is 11.8 Å². The van der Waals surface area contributed by atoms with E-state index < -0.39 is 5.97 Å². The van der Waals surface area contributed by atoms with Gasteiger partial charge < -0.3 is 15.0 Å². The van der Waals surface area contributed by atoms with Gasteiger partial charge in [0.1, 0.15) is 0 Å². The van der Waals surface area contributed by atoms with E-state index >= 15 is 0 Å². The molecule has 1 aliphatic heterocycles. The smallest absolute Gasteiger partial charge is 0.313 e. The molecule has 1 aromatic rings. The van der Waals surface area contributed by atoms with E-state index in [-0.39, 0.29) is 17.7 Å². The molecular weight excluding hydrogens is 242 g/mol. The van der Waals surface area contributed by atoms with Crippen LogP contribution in [0.15, 0.2) is 17.6 Å². The van der Waals surface area contributed by atoms with Gasteiger partial charge in [0.05, 0.1) is 5.75 Å². The van der Waals surface area contributed by atoms with Crippen molar-refractivity contribution in [3.63, 3.8) is 0 Å². The highest BCUT2D eigenvalue weighted by Crippen LogP contribution is 2.17. The summed E-state index contributed by atoms with van der Waals surface area (Å²) < 4.78 is 1.88. The van der Waals surface area contributed by atoms with Crippen molar-refractivity contribution in [1.29, 1.82) is 0 Å². The van der Waals surface area contributed by atoms with E-state index in [2.05, 4.69) is 10.3 Å². The second kappa shape index (κ2) is 5.22. The van der Waals surface area contributed by atoms with Gasteiger partial charge in [-0.25, -0.2) is 4.98 Å². The van der Waals surface area contributed by atoms with E-state index in [0.717, 1.165) is 6.42 Å². The molecule has 0 aromatic carbocycles. The molecule has 1 atom stereocenters. The minimum atomic E-state index is -0.862. The Morgan fingerprint density at radius 3 is 3.18 bits per heavy atom. The van der Waals surface area contributed by atoms with Crippen LogP contribution in [0, 0.1) is 0 Å². The summed E-state index contributed by atoms with van der Waals surface area (Å²) in [7, 11) is 0. The zero-order valence-electron chi connectivity index (χ0n) is 9.13. The lowest BCUT2D eigenvalue weighted by Crippen LogP contribution is -2.29. The third-order valence-electron chi connectivity index (χ3n) is 2.50. The number of carbonyl (C=O) groups is 2. The van der Waals surface area contributed by atoms with Crippen molar-refractivity contribution >= 4 is 23.6 Å². The largest absolute Gasteiger partial charge is 0.481 e. The first-order valence-corrected chi connectivity index (χ1v) is 6.29. The first kappa shape index (κ1) is 12.0. The van der Waals surface area contributed by atoms with E-state index in [1.54, 1.807) is 12.4 Å². The number of hydrogen-bond acceptors (Lipinski definition) is 4. The monoisotopic (exact) mass is 255 g/mol. The predicted octanol–water partition coefficient (Wildman–Crippen LogP) is 0.338. The summed E-state index contributed by atoms with van der Waals surface area (Å²) in [6.45, 7) is 0.647. The molecule has 17 heavy (non-hydrogen) atoms. The molecule has 2 heterocycles. The third kappa shape index (κ3) is 3.23. The molecule has 0 bridgehead atoms. The summed E-state index contributed by atoms with van der Waals surface area (Å²) in [5.74, 6) is -0.790. The van der Waals surface area contributed by atoms with Gasteiger partial charge in [0, 0.05) is 31.4 Å². The summed E-state index contributed by atoms with van der Waals surface area (Å²) in [6.07, 6.45) is 4.83. The quantitative estimate of drug-likeness (QED) is 0.741. The summed E-state index contributed by atoms with van der Waals surface area (Å²) in [6, 6.07) is 0.126. The maximum atomic E-state index is 11.1. The number of hydrogen-bond donors (Lipinski definition) is 2. The topological polar surface area (TPSA) is 84.2 Å². The standard InChI is InChI=1S/C10H13N3O3S/c14-8-2-1-7(12-8)5-13-4-3-11-10(13)17-6-9(15)16/h3-4,7H,1-2,5-6H2,(H,12,14)(H,15,16). The van der Waals surface area contributed by atoms with Crippen LogP contribution in [0.3, 0.4) is 0 Å². The molecule has 0 radical (unpaired) electrons. The number of thioether (sulfide) groups is 1. The zero-order valence-corrected chi connectivity index (χ0v) is 9.94.